The molecule has 3 nitrogen and oxygen atoms in total. The Hall–Kier alpha value is -2.27. The van der Waals surface area contributed by atoms with E-state index in [1.807, 2.05) is 55.5 Å². The lowest BCUT2D eigenvalue weighted by Gasteiger charge is -2.14. The number of nitrogens with one attached hydrogen (secondary N) is 2. The third-order valence-corrected chi connectivity index (χ3v) is 6.04. The van der Waals surface area contributed by atoms with Crippen LogP contribution in [0, 0.1) is 13.8 Å². The van der Waals surface area contributed by atoms with Crippen LogP contribution in [0.5, 0.6) is 0 Å². The molecular weight excluding hydrogens is 400 g/mol. The van der Waals surface area contributed by atoms with Crippen molar-refractivity contribution in [2.45, 2.75) is 36.6 Å². The van der Waals surface area contributed by atoms with Crippen molar-refractivity contribution in [1.82, 2.24) is 5.32 Å². The van der Waals surface area contributed by atoms with Crippen LogP contribution in [0.3, 0.4) is 0 Å². The van der Waals surface area contributed by atoms with Gasteiger partial charge in [0.05, 0.1) is 6.54 Å². The van der Waals surface area contributed by atoms with E-state index in [1.165, 1.54) is 16.0 Å². The molecule has 0 spiro atoms. The first-order valence-electron chi connectivity index (χ1n) is 9.54. The summed E-state index contributed by atoms with van der Waals surface area (Å²) >= 11 is 7.63. The summed E-state index contributed by atoms with van der Waals surface area (Å²) in [5.74, 6) is -0.0691. The van der Waals surface area contributed by atoms with Crippen LogP contribution in [-0.4, -0.2) is 12.5 Å². The molecular formula is C24H25ClN2OS. The summed E-state index contributed by atoms with van der Waals surface area (Å²) in [6.45, 7) is 6.50. The minimum Gasteiger partial charge on any atom is -0.325 e. The Morgan fingerprint density at radius 1 is 0.931 bits per heavy atom. The van der Waals surface area contributed by atoms with E-state index in [0.29, 0.717) is 5.02 Å². The van der Waals surface area contributed by atoms with Gasteiger partial charge in [0, 0.05) is 26.5 Å². The normalized spacial score (nSPS) is 11.9. The Morgan fingerprint density at radius 3 is 2.24 bits per heavy atom. The molecule has 1 unspecified atom stereocenters. The first-order valence-corrected chi connectivity index (χ1v) is 10.7. The van der Waals surface area contributed by atoms with Crippen molar-refractivity contribution in [3.05, 3.63) is 88.4 Å². The van der Waals surface area contributed by atoms with Gasteiger partial charge < -0.3 is 10.6 Å². The molecule has 0 heterocycles. The molecule has 3 rings (SSSR count). The predicted octanol–water partition coefficient (Wildman–Crippen LogP) is 6.40. The molecule has 0 aliphatic heterocycles. The molecule has 29 heavy (non-hydrogen) atoms. The number of aryl methyl sites for hydroxylation is 2. The average Bonchev–Trinajstić information content (AvgIpc) is 2.71. The number of amides is 1. The monoisotopic (exact) mass is 424 g/mol. The fourth-order valence-electron chi connectivity index (χ4n) is 2.84. The molecule has 0 saturated heterocycles. The van der Waals surface area contributed by atoms with E-state index < -0.39 is 0 Å². The van der Waals surface area contributed by atoms with Gasteiger partial charge in [-0.25, -0.2) is 0 Å². The fourth-order valence-corrected chi connectivity index (χ4v) is 3.88. The number of rotatable bonds is 7. The minimum atomic E-state index is -0.0691. The molecule has 150 valence electrons. The SMILES string of the molecule is Cc1ccc(Sc2ccc(NC(=O)CNC(C)c3ccc(Cl)cc3)cc2)cc1C. The lowest BCUT2D eigenvalue weighted by Crippen LogP contribution is -2.30. The number of benzene rings is 3. The predicted molar refractivity (Wildman–Crippen MR) is 123 cm³/mol. The van der Waals surface area contributed by atoms with Crippen LogP contribution in [0.15, 0.2) is 76.5 Å². The summed E-state index contributed by atoms with van der Waals surface area (Å²) in [5, 5.41) is 6.87. The maximum atomic E-state index is 12.2. The Morgan fingerprint density at radius 2 is 1.59 bits per heavy atom. The summed E-state index contributed by atoms with van der Waals surface area (Å²) in [6.07, 6.45) is 0. The van der Waals surface area contributed by atoms with E-state index in [9.17, 15) is 4.79 Å². The highest BCUT2D eigenvalue weighted by Crippen LogP contribution is 2.29. The van der Waals surface area contributed by atoms with Gasteiger partial charge in [-0.1, -0.05) is 41.6 Å². The Bertz CT molecular complexity index is 971. The van der Waals surface area contributed by atoms with Crippen LogP contribution < -0.4 is 10.6 Å². The molecule has 0 radical (unpaired) electrons. The highest BCUT2D eigenvalue weighted by molar-refractivity contribution is 7.99. The van der Waals surface area contributed by atoms with Gasteiger partial charge in [-0.15, -0.1) is 0 Å². The van der Waals surface area contributed by atoms with Crippen LogP contribution in [0.4, 0.5) is 5.69 Å². The van der Waals surface area contributed by atoms with Gasteiger partial charge in [0.25, 0.3) is 0 Å². The van der Waals surface area contributed by atoms with Crippen LogP contribution in [0.25, 0.3) is 0 Å². The molecule has 0 saturated carbocycles. The van der Waals surface area contributed by atoms with Gasteiger partial charge in [-0.3, -0.25) is 4.79 Å². The van der Waals surface area contributed by atoms with E-state index in [2.05, 4.69) is 42.7 Å². The Kier molecular flexibility index (Phi) is 7.37. The quantitative estimate of drug-likeness (QED) is 0.461. The molecule has 3 aromatic carbocycles. The van der Waals surface area contributed by atoms with Crippen molar-refractivity contribution < 1.29 is 4.79 Å². The van der Waals surface area contributed by atoms with Crippen LogP contribution in [0.1, 0.15) is 29.7 Å². The summed E-state index contributed by atoms with van der Waals surface area (Å²) < 4.78 is 0. The van der Waals surface area contributed by atoms with E-state index in [-0.39, 0.29) is 18.5 Å². The number of hydrogen-bond donors (Lipinski definition) is 2. The van der Waals surface area contributed by atoms with Crippen molar-refractivity contribution in [3.8, 4) is 0 Å². The maximum absolute atomic E-state index is 12.2. The third-order valence-electron chi connectivity index (χ3n) is 4.79. The van der Waals surface area contributed by atoms with Gasteiger partial charge in [0.2, 0.25) is 5.91 Å². The number of carbonyl (C=O) groups is 1. The van der Waals surface area contributed by atoms with Crippen LogP contribution in [0.2, 0.25) is 5.02 Å². The number of anilines is 1. The van der Waals surface area contributed by atoms with E-state index in [1.54, 1.807) is 11.8 Å². The second-order valence-corrected chi connectivity index (χ2v) is 8.66. The van der Waals surface area contributed by atoms with Crippen molar-refractivity contribution in [1.29, 1.82) is 0 Å². The highest BCUT2D eigenvalue weighted by Gasteiger charge is 2.08. The summed E-state index contributed by atoms with van der Waals surface area (Å²) in [4.78, 5) is 14.6. The fraction of sp³-hybridized carbons (Fsp3) is 0.208. The summed E-state index contributed by atoms with van der Waals surface area (Å²) in [6, 6.07) is 22.1. The van der Waals surface area contributed by atoms with E-state index in [4.69, 9.17) is 11.6 Å². The molecule has 5 heteroatoms. The molecule has 3 aromatic rings. The Balaban J connectivity index is 1.50. The van der Waals surface area contributed by atoms with E-state index in [0.717, 1.165) is 16.1 Å². The molecule has 0 aromatic heterocycles. The number of halogens is 1. The molecule has 1 amide bonds. The maximum Gasteiger partial charge on any atom is 0.238 e. The minimum absolute atomic E-state index is 0.0646. The van der Waals surface area contributed by atoms with Crippen molar-refractivity contribution in [3.63, 3.8) is 0 Å². The number of hydrogen-bond acceptors (Lipinski definition) is 3. The highest BCUT2D eigenvalue weighted by atomic mass is 35.5. The molecule has 2 N–H and O–H groups in total. The van der Waals surface area contributed by atoms with Crippen molar-refractivity contribution in [2.75, 3.05) is 11.9 Å². The molecule has 1 atom stereocenters. The zero-order valence-electron chi connectivity index (χ0n) is 16.8. The zero-order valence-corrected chi connectivity index (χ0v) is 18.4. The first-order chi connectivity index (χ1) is 13.9. The van der Waals surface area contributed by atoms with Gasteiger partial charge in [0.15, 0.2) is 0 Å². The van der Waals surface area contributed by atoms with Gasteiger partial charge in [0.1, 0.15) is 0 Å². The Labute approximate surface area is 181 Å². The summed E-state index contributed by atoms with van der Waals surface area (Å²) in [5.41, 5.74) is 4.47. The smallest absolute Gasteiger partial charge is 0.238 e. The summed E-state index contributed by atoms with van der Waals surface area (Å²) in [7, 11) is 0. The zero-order chi connectivity index (χ0) is 20.8. The standard InChI is InChI=1S/C24H25ClN2OS/c1-16-4-11-23(14-17(16)2)29-22-12-9-21(10-13-22)27-24(28)15-26-18(3)19-5-7-20(25)8-6-19/h4-14,18,26H,15H2,1-3H3,(H,27,28). The van der Waals surface area contributed by atoms with Crippen molar-refractivity contribution >= 4 is 35.0 Å². The second-order valence-electron chi connectivity index (χ2n) is 7.07. The first kappa shape index (κ1) is 21.4. The van der Waals surface area contributed by atoms with Gasteiger partial charge >= 0.3 is 0 Å². The van der Waals surface area contributed by atoms with Gasteiger partial charge in [-0.05, 0) is 86.0 Å². The average molecular weight is 425 g/mol. The molecule has 0 bridgehead atoms. The third kappa shape index (κ3) is 6.36. The molecule has 0 aliphatic rings. The van der Waals surface area contributed by atoms with Crippen molar-refractivity contribution in [2.24, 2.45) is 0 Å². The lowest BCUT2D eigenvalue weighted by atomic mass is 10.1. The molecule has 0 fully saturated rings. The van der Waals surface area contributed by atoms with Crippen LogP contribution >= 0.6 is 23.4 Å². The van der Waals surface area contributed by atoms with Gasteiger partial charge in [-0.2, -0.15) is 0 Å². The molecule has 0 aliphatic carbocycles. The topological polar surface area (TPSA) is 41.1 Å². The second kappa shape index (κ2) is 9.97. The largest absolute Gasteiger partial charge is 0.325 e. The lowest BCUT2D eigenvalue weighted by molar-refractivity contribution is -0.115. The van der Waals surface area contributed by atoms with E-state index >= 15 is 0 Å². The van der Waals surface area contributed by atoms with Crippen LogP contribution in [-0.2, 0) is 4.79 Å². The number of carbonyl (C=O) groups excluding carboxylic acids is 1.